The van der Waals surface area contributed by atoms with Crippen molar-refractivity contribution in [3.8, 4) is 0 Å². The van der Waals surface area contributed by atoms with E-state index in [1.54, 1.807) is 0 Å². The maximum Gasteiger partial charge on any atom is 0.306 e. The highest BCUT2D eigenvalue weighted by Gasteiger charge is 2.27. The molecule has 1 fully saturated rings. The van der Waals surface area contributed by atoms with Gasteiger partial charge in [-0.1, -0.05) is 0 Å². The number of carbonyl (C=O) groups is 1. The molecule has 0 atom stereocenters. The second-order valence-corrected chi connectivity index (χ2v) is 6.83. The summed E-state index contributed by atoms with van der Waals surface area (Å²) < 4.78 is 28.3. The van der Waals surface area contributed by atoms with Crippen LogP contribution in [0.2, 0.25) is 0 Å². The van der Waals surface area contributed by atoms with Gasteiger partial charge in [0, 0.05) is 13.1 Å². The number of carboxylic acids is 1. The molecule has 1 aromatic carbocycles. The normalized spacial score (nSPS) is 17.0. The van der Waals surface area contributed by atoms with Crippen LogP contribution in [0, 0.1) is 5.92 Å². The topological polar surface area (TPSA) is 127 Å². The summed E-state index contributed by atoms with van der Waals surface area (Å²) in [5.41, 5.74) is 0.865. The molecule has 0 amide bonds. The summed E-state index contributed by atoms with van der Waals surface area (Å²) in [6.07, 6.45) is 1.05. The first kappa shape index (κ1) is 14.8. The van der Waals surface area contributed by atoms with Crippen LogP contribution in [0.5, 0.6) is 0 Å². The minimum atomic E-state index is -3.79. The lowest BCUT2D eigenvalue weighted by atomic mass is 9.97. The number of hydrogen-bond acceptors (Lipinski definition) is 6. The highest BCUT2D eigenvalue weighted by molar-refractivity contribution is 7.89. The quantitative estimate of drug-likeness (QED) is 0.853. The first-order valence-electron chi connectivity index (χ1n) is 6.76. The van der Waals surface area contributed by atoms with E-state index in [2.05, 4.69) is 4.98 Å². The average Bonchev–Trinajstić information content (AvgIpc) is 2.89. The van der Waals surface area contributed by atoms with Crippen LogP contribution in [0.15, 0.2) is 27.5 Å². The standard InChI is InChI=1S/C13H15N3O5S/c14-22(19,20)9-1-2-11-10(7-9)15-13(21-11)16-5-3-8(4-6-16)12(17)18/h1-2,7-8H,3-6H2,(H,17,18)(H2,14,19,20). The smallest absolute Gasteiger partial charge is 0.306 e. The molecular weight excluding hydrogens is 310 g/mol. The molecule has 8 nitrogen and oxygen atoms in total. The fourth-order valence-corrected chi connectivity index (χ4v) is 3.06. The molecule has 3 N–H and O–H groups in total. The number of fused-ring (bicyclic) bond motifs is 1. The van der Waals surface area contributed by atoms with Gasteiger partial charge < -0.3 is 14.4 Å². The van der Waals surface area contributed by atoms with E-state index in [-0.39, 0.29) is 10.8 Å². The number of anilines is 1. The summed E-state index contributed by atoms with van der Waals surface area (Å²) in [5, 5.41) is 14.1. The Kier molecular flexibility index (Phi) is 3.53. The molecule has 118 valence electrons. The molecule has 1 aromatic heterocycles. The molecule has 0 radical (unpaired) electrons. The van der Waals surface area contributed by atoms with Gasteiger partial charge in [0.15, 0.2) is 5.58 Å². The lowest BCUT2D eigenvalue weighted by Crippen LogP contribution is -2.36. The average molecular weight is 325 g/mol. The number of carboxylic acid groups (broad SMARTS) is 1. The second kappa shape index (κ2) is 5.25. The summed E-state index contributed by atoms with van der Waals surface area (Å²) >= 11 is 0. The zero-order valence-corrected chi connectivity index (χ0v) is 12.4. The van der Waals surface area contributed by atoms with E-state index in [4.69, 9.17) is 14.7 Å². The van der Waals surface area contributed by atoms with Gasteiger partial charge in [-0.2, -0.15) is 4.98 Å². The van der Waals surface area contributed by atoms with E-state index in [0.29, 0.717) is 43.0 Å². The Hall–Kier alpha value is -2.13. The Morgan fingerprint density at radius 3 is 2.64 bits per heavy atom. The lowest BCUT2D eigenvalue weighted by Gasteiger charge is -2.28. The van der Waals surface area contributed by atoms with E-state index < -0.39 is 16.0 Å². The van der Waals surface area contributed by atoms with Gasteiger partial charge in [0.25, 0.3) is 6.01 Å². The number of aliphatic carboxylic acids is 1. The van der Waals surface area contributed by atoms with E-state index in [9.17, 15) is 13.2 Å². The molecular formula is C13H15N3O5S. The number of nitrogens with zero attached hydrogens (tertiary/aromatic N) is 2. The number of hydrogen-bond donors (Lipinski definition) is 2. The number of benzene rings is 1. The number of primary sulfonamides is 1. The molecule has 1 aliphatic rings. The summed E-state index contributed by atoms with van der Waals surface area (Å²) in [7, 11) is -3.79. The molecule has 0 bridgehead atoms. The molecule has 0 unspecified atom stereocenters. The van der Waals surface area contributed by atoms with Gasteiger partial charge in [0.2, 0.25) is 10.0 Å². The van der Waals surface area contributed by atoms with Crippen molar-refractivity contribution < 1.29 is 22.7 Å². The van der Waals surface area contributed by atoms with Crippen molar-refractivity contribution in [1.82, 2.24) is 4.98 Å². The summed E-state index contributed by atoms with van der Waals surface area (Å²) in [6, 6.07) is 4.60. The number of sulfonamides is 1. The van der Waals surface area contributed by atoms with Crippen molar-refractivity contribution >= 4 is 33.1 Å². The highest BCUT2D eigenvalue weighted by atomic mass is 32.2. The van der Waals surface area contributed by atoms with Crippen LogP contribution in [0.25, 0.3) is 11.1 Å². The van der Waals surface area contributed by atoms with Gasteiger partial charge in [0.1, 0.15) is 5.52 Å². The van der Waals surface area contributed by atoms with Crippen molar-refractivity contribution in [1.29, 1.82) is 0 Å². The van der Waals surface area contributed by atoms with Crippen molar-refractivity contribution in [2.75, 3.05) is 18.0 Å². The summed E-state index contributed by atoms with van der Waals surface area (Å²) in [5.74, 6) is -1.12. The summed E-state index contributed by atoms with van der Waals surface area (Å²) in [6.45, 7) is 1.07. The molecule has 9 heteroatoms. The Morgan fingerprint density at radius 2 is 2.05 bits per heavy atom. The van der Waals surface area contributed by atoms with Crippen molar-refractivity contribution in [2.45, 2.75) is 17.7 Å². The molecule has 2 heterocycles. The van der Waals surface area contributed by atoms with Crippen LogP contribution in [-0.2, 0) is 14.8 Å². The maximum atomic E-state index is 11.3. The highest BCUT2D eigenvalue weighted by Crippen LogP contribution is 2.27. The maximum absolute atomic E-state index is 11.3. The van der Waals surface area contributed by atoms with Crippen LogP contribution in [0.1, 0.15) is 12.8 Å². The third-order valence-electron chi connectivity index (χ3n) is 3.79. The number of rotatable bonds is 3. The number of piperidine rings is 1. The fourth-order valence-electron chi connectivity index (χ4n) is 2.53. The monoisotopic (exact) mass is 325 g/mol. The van der Waals surface area contributed by atoms with Crippen molar-refractivity contribution in [3.63, 3.8) is 0 Å². The van der Waals surface area contributed by atoms with Crippen LogP contribution in [-0.4, -0.2) is 37.6 Å². The molecule has 2 aromatic rings. The molecule has 22 heavy (non-hydrogen) atoms. The Labute approximate surface area is 126 Å². The second-order valence-electron chi connectivity index (χ2n) is 5.27. The zero-order chi connectivity index (χ0) is 15.9. The minimum absolute atomic E-state index is 0.0237. The molecule has 1 aliphatic heterocycles. The van der Waals surface area contributed by atoms with Gasteiger partial charge in [-0.25, -0.2) is 13.6 Å². The molecule has 0 aliphatic carbocycles. The predicted molar refractivity (Wildman–Crippen MR) is 78.0 cm³/mol. The van der Waals surface area contributed by atoms with E-state index in [0.717, 1.165) is 0 Å². The van der Waals surface area contributed by atoms with Gasteiger partial charge in [0.05, 0.1) is 10.8 Å². The van der Waals surface area contributed by atoms with Crippen molar-refractivity contribution in [3.05, 3.63) is 18.2 Å². The van der Waals surface area contributed by atoms with E-state index >= 15 is 0 Å². The first-order valence-corrected chi connectivity index (χ1v) is 8.30. The number of nitrogens with two attached hydrogens (primary N) is 1. The van der Waals surface area contributed by atoms with E-state index in [1.807, 2.05) is 4.90 Å². The third-order valence-corrected chi connectivity index (χ3v) is 4.70. The summed E-state index contributed by atoms with van der Waals surface area (Å²) in [4.78, 5) is 17.0. The van der Waals surface area contributed by atoms with Gasteiger partial charge in [-0.3, -0.25) is 4.79 Å². The number of aromatic nitrogens is 1. The van der Waals surface area contributed by atoms with Gasteiger partial charge in [-0.05, 0) is 31.0 Å². The SMILES string of the molecule is NS(=O)(=O)c1ccc2oc(N3CCC(C(=O)O)CC3)nc2c1. The largest absolute Gasteiger partial charge is 0.481 e. The molecule has 0 saturated carbocycles. The van der Waals surface area contributed by atoms with Crippen LogP contribution < -0.4 is 10.0 Å². The van der Waals surface area contributed by atoms with Crippen LogP contribution >= 0.6 is 0 Å². The molecule has 1 saturated heterocycles. The Balaban J connectivity index is 1.85. The van der Waals surface area contributed by atoms with Crippen molar-refractivity contribution in [2.24, 2.45) is 11.1 Å². The van der Waals surface area contributed by atoms with Crippen LogP contribution in [0.4, 0.5) is 6.01 Å². The minimum Gasteiger partial charge on any atom is -0.481 e. The number of oxazole rings is 1. The van der Waals surface area contributed by atoms with Crippen LogP contribution in [0.3, 0.4) is 0 Å². The zero-order valence-electron chi connectivity index (χ0n) is 11.6. The Morgan fingerprint density at radius 1 is 1.36 bits per heavy atom. The predicted octanol–water partition coefficient (Wildman–Crippen LogP) is 0.776. The fraction of sp³-hybridized carbons (Fsp3) is 0.385. The van der Waals surface area contributed by atoms with E-state index in [1.165, 1.54) is 18.2 Å². The molecule has 0 spiro atoms. The third kappa shape index (κ3) is 2.77. The first-order chi connectivity index (χ1) is 10.3. The Bertz CT molecular complexity index is 821. The molecule has 3 rings (SSSR count). The lowest BCUT2D eigenvalue weighted by molar-refractivity contribution is -0.142. The van der Waals surface area contributed by atoms with Gasteiger partial charge >= 0.3 is 5.97 Å². The van der Waals surface area contributed by atoms with Gasteiger partial charge in [-0.15, -0.1) is 0 Å².